The van der Waals surface area contributed by atoms with E-state index in [9.17, 15) is 0 Å². The first-order chi connectivity index (χ1) is 18.6. The Hall–Kier alpha value is -3.31. The van der Waals surface area contributed by atoms with E-state index in [2.05, 4.69) is 69.3 Å². The number of aromatic nitrogens is 6. The van der Waals surface area contributed by atoms with E-state index in [1.165, 1.54) is 0 Å². The van der Waals surface area contributed by atoms with Crippen LogP contribution in [0.15, 0.2) is 56.6 Å². The van der Waals surface area contributed by atoms with Gasteiger partial charge >= 0.3 is 0 Å². The number of nitrogens with zero attached hydrogens (tertiary/aromatic N) is 9. The molecule has 0 amide bonds. The minimum Gasteiger partial charge on any atom is -0.356 e. The number of hydrogen-bond donors (Lipinski definition) is 0. The van der Waals surface area contributed by atoms with Gasteiger partial charge in [0, 0.05) is 86.1 Å². The van der Waals surface area contributed by atoms with Gasteiger partial charge in [-0.1, -0.05) is 18.2 Å². The first-order valence-electron chi connectivity index (χ1n) is 13.1. The van der Waals surface area contributed by atoms with Crippen molar-refractivity contribution in [3.8, 4) is 0 Å². The second-order valence-electron chi connectivity index (χ2n) is 10.2. The van der Waals surface area contributed by atoms with Crippen molar-refractivity contribution >= 4 is 0 Å². The van der Waals surface area contributed by atoms with Gasteiger partial charge in [0.1, 0.15) is 0 Å². The van der Waals surface area contributed by atoms with Gasteiger partial charge in [0.2, 0.25) is 5.60 Å². The molecule has 0 saturated heterocycles. The number of methoxy groups -OCH3 is 1. The zero-order valence-corrected chi connectivity index (χ0v) is 24.8. The first-order valence-corrected chi connectivity index (χ1v) is 13.1. The second-order valence-corrected chi connectivity index (χ2v) is 10.2. The normalized spacial score (nSPS) is 12.2. The molecule has 0 unspecified atom stereocenters. The molecule has 0 aliphatic rings. The molecule has 0 bridgehead atoms. The van der Waals surface area contributed by atoms with Crippen LogP contribution in [0.5, 0.6) is 0 Å². The predicted molar refractivity (Wildman–Crippen MR) is 156 cm³/mol. The van der Waals surface area contributed by atoms with Gasteiger partial charge in [-0.15, -0.1) is 19.7 Å². The average molecular weight is 536 g/mol. The first kappa shape index (κ1) is 30.2. The Morgan fingerprint density at radius 2 is 0.949 bits per heavy atom. The molecule has 0 aliphatic carbocycles. The zero-order valence-electron chi connectivity index (χ0n) is 24.8. The lowest BCUT2D eigenvalue weighted by atomic mass is 9.99. The molecule has 0 spiro atoms. The molecule has 3 aromatic heterocycles. The maximum Gasteiger partial charge on any atom is 0.241 e. The van der Waals surface area contributed by atoms with Crippen molar-refractivity contribution in [3.05, 3.63) is 91.1 Å². The van der Waals surface area contributed by atoms with Crippen molar-refractivity contribution < 1.29 is 4.74 Å². The van der Waals surface area contributed by atoms with Gasteiger partial charge in [0.05, 0.1) is 17.1 Å². The van der Waals surface area contributed by atoms with E-state index < -0.39 is 5.60 Å². The van der Waals surface area contributed by atoms with Crippen molar-refractivity contribution in [2.24, 2.45) is 21.1 Å². The van der Waals surface area contributed by atoms with Crippen LogP contribution in [0.1, 0.15) is 34.6 Å². The van der Waals surface area contributed by atoms with Crippen molar-refractivity contribution in [3.63, 3.8) is 0 Å². The topological polar surface area (TPSA) is 72.4 Å². The highest BCUT2D eigenvalue weighted by atomic mass is 16.5. The van der Waals surface area contributed by atoms with E-state index in [0.29, 0.717) is 37.1 Å². The molecule has 0 fully saturated rings. The molecule has 0 aromatic carbocycles. The smallest absolute Gasteiger partial charge is 0.241 e. The fraction of sp³-hybridized carbons (Fsp3) is 0.483. The molecular formula is C29H45N9O. The molecule has 10 heteroatoms. The van der Waals surface area contributed by atoms with Crippen molar-refractivity contribution in [1.82, 2.24) is 43.4 Å². The number of ether oxygens (including phenoxy) is 1. The molecule has 0 N–H and O–H groups in total. The molecule has 3 heterocycles. The maximum atomic E-state index is 6.50. The van der Waals surface area contributed by atoms with E-state index in [-0.39, 0.29) is 0 Å². The van der Waals surface area contributed by atoms with Crippen LogP contribution in [0.4, 0.5) is 0 Å². The highest BCUT2D eigenvalue weighted by Gasteiger charge is 2.48. The van der Waals surface area contributed by atoms with Crippen LogP contribution < -0.4 is 0 Å². The third kappa shape index (κ3) is 6.14. The van der Waals surface area contributed by atoms with E-state index in [1.54, 1.807) is 7.11 Å². The quantitative estimate of drug-likeness (QED) is 0.261. The van der Waals surface area contributed by atoms with Crippen LogP contribution in [0, 0.1) is 0 Å². The highest BCUT2D eigenvalue weighted by molar-refractivity contribution is 5.35. The number of imidazole rings is 3. The monoisotopic (exact) mass is 535 g/mol. The summed E-state index contributed by atoms with van der Waals surface area (Å²) in [6.07, 6.45) is 11.4. The molecule has 0 radical (unpaired) electrons. The molecular weight excluding hydrogens is 490 g/mol. The summed E-state index contributed by atoms with van der Waals surface area (Å²) in [5.41, 5.74) is 2.00. The summed E-state index contributed by atoms with van der Waals surface area (Å²) >= 11 is 0. The van der Waals surface area contributed by atoms with Gasteiger partial charge < -0.3 is 18.4 Å². The SMILES string of the molecule is C=CCN(C)Cc1cnc(C(OC)(c2ncc(CN(C)CC=C)n2C)c2ncc(CN(C)CC=C)n2C)n1C. The van der Waals surface area contributed by atoms with Gasteiger partial charge in [0.15, 0.2) is 17.5 Å². The van der Waals surface area contributed by atoms with Crippen LogP contribution in [-0.2, 0) is 51.1 Å². The molecule has 3 aromatic rings. The summed E-state index contributed by atoms with van der Waals surface area (Å²) in [5.74, 6) is 2.14. The largest absolute Gasteiger partial charge is 0.356 e. The summed E-state index contributed by atoms with van der Waals surface area (Å²) in [7, 11) is 14.0. The van der Waals surface area contributed by atoms with Crippen molar-refractivity contribution in [2.45, 2.75) is 25.2 Å². The van der Waals surface area contributed by atoms with Crippen molar-refractivity contribution in [2.75, 3.05) is 47.9 Å². The minimum atomic E-state index is -1.15. The fourth-order valence-corrected chi connectivity index (χ4v) is 5.01. The molecule has 0 aliphatic heterocycles. The van der Waals surface area contributed by atoms with Gasteiger partial charge in [-0.25, -0.2) is 15.0 Å². The molecule has 10 nitrogen and oxygen atoms in total. The molecule has 0 atom stereocenters. The van der Waals surface area contributed by atoms with E-state index in [0.717, 1.165) is 36.7 Å². The fourth-order valence-electron chi connectivity index (χ4n) is 5.01. The lowest BCUT2D eigenvalue weighted by Gasteiger charge is -2.32. The lowest BCUT2D eigenvalue weighted by molar-refractivity contribution is 0.0282. The van der Waals surface area contributed by atoms with E-state index >= 15 is 0 Å². The summed E-state index contributed by atoms with van der Waals surface area (Å²) in [6.45, 7) is 16.1. The predicted octanol–water partition coefficient (Wildman–Crippen LogP) is 2.68. The number of rotatable bonds is 16. The molecule has 0 saturated carbocycles. The second kappa shape index (κ2) is 13.2. The summed E-state index contributed by atoms with van der Waals surface area (Å²) in [4.78, 5) is 21.4. The van der Waals surface area contributed by atoms with Crippen LogP contribution in [0.3, 0.4) is 0 Å². The van der Waals surface area contributed by atoms with Crippen LogP contribution in [-0.4, -0.2) is 91.2 Å². The third-order valence-corrected chi connectivity index (χ3v) is 7.12. The molecule has 212 valence electrons. The van der Waals surface area contributed by atoms with Gasteiger partial charge in [-0.3, -0.25) is 14.7 Å². The Bertz CT molecular complexity index is 1120. The van der Waals surface area contributed by atoms with Gasteiger partial charge in [-0.05, 0) is 21.1 Å². The maximum absolute atomic E-state index is 6.50. The van der Waals surface area contributed by atoms with Crippen LogP contribution in [0.2, 0.25) is 0 Å². The highest BCUT2D eigenvalue weighted by Crippen LogP contribution is 2.38. The average Bonchev–Trinajstić information content (AvgIpc) is 3.55. The zero-order chi connectivity index (χ0) is 28.7. The Morgan fingerprint density at radius 1 is 0.667 bits per heavy atom. The van der Waals surface area contributed by atoms with E-state index in [4.69, 9.17) is 19.7 Å². The summed E-state index contributed by atoms with van der Waals surface area (Å²) < 4.78 is 12.8. The van der Waals surface area contributed by atoms with Crippen molar-refractivity contribution in [1.29, 1.82) is 0 Å². The Balaban J connectivity index is 2.21. The van der Waals surface area contributed by atoms with E-state index in [1.807, 2.05) is 58.0 Å². The standard InChI is InChI=1S/C29H45N9O/c1-11-14-33(4)20-23-17-30-26(36(23)7)29(39-10,27-31-18-24(37(27)8)21-34(5)15-12-2)28-32-19-25(38(28)9)22-35(6)16-13-3/h11-13,17-19H,1-3,14-16,20-22H2,4-10H3. The molecule has 3 rings (SSSR count). The minimum absolute atomic E-state index is 0.714. The number of hydrogen-bond acceptors (Lipinski definition) is 7. The Morgan fingerprint density at radius 3 is 1.18 bits per heavy atom. The third-order valence-electron chi connectivity index (χ3n) is 7.12. The van der Waals surface area contributed by atoms with Crippen LogP contribution in [0.25, 0.3) is 0 Å². The summed E-state index contributed by atoms with van der Waals surface area (Å²) in [5, 5.41) is 0. The van der Waals surface area contributed by atoms with Crippen LogP contribution >= 0.6 is 0 Å². The summed E-state index contributed by atoms with van der Waals surface area (Å²) in [6, 6.07) is 0. The lowest BCUT2D eigenvalue weighted by Crippen LogP contribution is -2.40. The van der Waals surface area contributed by atoms with Gasteiger partial charge in [0.25, 0.3) is 0 Å². The van der Waals surface area contributed by atoms with Gasteiger partial charge in [-0.2, -0.15) is 0 Å². The Labute approximate surface area is 233 Å². The number of likely N-dealkylation sites (N-methyl/N-ethyl adjacent to an activating group) is 3. The molecule has 39 heavy (non-hydrogen) atoms. The Kier molecular flexibility index (Phi) is 10.2.